The number of carbonyl (C=O) groups excluding carboxylic acids is 1. The molecule has 0 aliphatic rings. The summed E-state index contributed by atoms with van der Waals surface area (Å²) in [5.74, 6) is -0.549. The third-order valence-corrected chi connectivity index (χ3v) is 3.29. The molecule has 21 heavy (non-hydrogen) atoms. The molecule has 4 nitrogen and oxygen atoms in total. The number of benzene rings is 1. The average Bonchev–Trinajstić information content (AvgIpc) is 2.43. The lowest BCUT2D eigenvalue weighted by Crippen LogP contribution is -2.37. The van der Waals surface area contributed by atoms with E-state index in [1.165, 1.54) is 5.56 Å². The highest BCUT2D eigenvalue weighted by molar-refractivity contribution is 5.79. The Labute approximate surface area is 126 Å². The highest BCUT2D eigenvalue weighted by Gasteiger charge is 2.16. The predicted molar refractivity (Wildman–Crippen MR) is 83.2 cm³/mol. The molecule has 0 saturated heterocycles. The Morgan fingerprint density at radius 1 is 1.24 bits per heavy atom. The van der Waals surface area contributed by atoms with Gasteiger partial charge < -0.3 is 10.0 Å². The molecule has 0 saturated carbocycles. The molecule has 1 rings (SSSR count). The van der Waals surface area contributed by atoms with Gasteiger partial charge in [0.15, 0.2) is 0 Å². The lowest BCUT2D eigenvalue weighted by atomic mass is 10.1. The zero-order valence-electron chi connectivity index (χ0n) is 13.1. The number of hydrogen-bond acceptors (Lipinski definition) is 2. The van der Waals surface area contributed by atoms with Crippen molar-refractivity contribution in [3.8, 4) is 0 Å². The lowest BCUT2D eigenvalue weighted by molar-refractivity contribution is -0.138. The first-order chi connectivity index (χ1) is 9.92. The number of amides is 1. The highest BCUT2D eigenvalue weighted by Crippen LogP contribution is 2.10. The number of rotatable bonds is 8. The van der Waals surface area contributed by atoms with Gasteiger partial charge in [-0.2, -0.15) is 0 Å². The van der Waals surface area contributed by atoms with Crippen molar-refractivity contribution in [1.29, 1.82) is 0 Å². The second kappa shape index (κ2) is 8.45. The van der Waals surface area contributed by atoms with Crippen molar-refractivity contribution in [3.63, 3.8) is 0 Å². The number of carboxylic acid groups (broad SMARTS) is 1. The predicted octanol–water partition coefficient (Wildman–Crippen LogP) is 2.75. The molecule has 4 heteroatoms. The second-order valence-corrected chi connectivity index (χ2v) is 5.73. The molecular formula is C17H25NO3. The van der Waals surface area contributed by atoms with Gasteiger partial charge in [-0.15, -0.1) is 0 Å². The number of carboxylic acids is 1. The second-order valence-electron chi connectivity index (χ2n) is 5.73. The van der Waals surface area contributed by atoms with E-state index >= 15 is 0 Å². The quantitative estimate of drug-likeness (QED) is 0.801. The maximum Gasteiger partial charge on any atom is 0.305 e. The summed E-state index contributed by atoms with van der Waals surface area (Å²) in [6, 6.07) is 8.00. The van der Waals surface area contributed by atoms with Crippen molar-refractivity contribution in [2.75, 3.05) is 13.1 Å². The summed E-state index contributed by atoms with van der Waals surface area (Å²) >= 11 is 0. The van der Waals surface area contributed by atoms with Crippen molar-refractivity contribution in [3.05, 3.63) is 35.4 Å². The maximum atomic E-state index is 12.4. The summed E-state index contributed by atoms with van der Waals surface area (Å²) in [6.07, 6.45) is 1.27. The first-order valence-corrected chi connectivity index (χ1v) is 7.49. The standard InChI is InChI=1S/C17H25NO3/c1-4-14-6-5-7-15(10-14)11-16(19)18(12-13(2)3)9-8-17(20)21/h5-7,10,13H,4,8-9,11-12H2,1-3H3,(H,20,21). The van der Waals surface area contributed by atoms with Crippen LogP contribution >= 0.6 is 0 Å². The summed E-state index contributed by atoms with van der Waals surface area (Å²) in [5.41, 5.74) is 2.20. The smallest absolute Gasteiger partial charge is 0.305 e. The first-order valence-electron chi connectivity index (χ1n) is 7.49. The van der Waals surface area contributed by atoms with E-state index in [1.54, 1.807) is 4.90 Å². The fourth-order valence-electron chi connectivity index (χ4n) is 2.24. The molecule has 1 amide bonds. The normalized spacial score (nSPS) is 10.7. The van der Waals surface area contributed by atoms with Gasteiger partial charge in [0.25, 0.3) is 0 Å². The van der Waals surface area contributed by atoms with Gasteiger partial charge in [-0.05, 0) is 23.5 Å². The number of nitrogens with zero attached hydrogens (tertiary/aromatic N) is 1. The number of aliphatic carboxylic acids is 1. The van der Waals surface area contributed by atoms with Gasteiger partial charge in [-0.1, -0.05) is 45.0 Å². The minimum absolute atomic E-state index is 0.00166. The minimum Gasteiger partial charge on any atom is -0.481 e. The van der Waals surface area contributed by atoms with E-state index < -0.39 is 5.97 Å². The Morgan fingerprint density at radius 3 is 2.48 bits per heavy atom. The molecule has 0 aliphatic heterocycles. The number of aryl methyl sites for hydroxylation is 1. The van der Waals surface area contributed by atoms with E-state index in [1.807, 2.05) is 38.1 Å². The largest absolute Gasteiger partial charge is 0.481 e. The van der Waals surface area contributed by atoms with Crippen LogP contribution in [0.5, 0.6) is 0 Å². The van der Waals surface area contributed by atoms with E-state index in [9.17, 15) is 9.59 Å². The van der Waals surface area contributed by atoms with Crippen LogP contribution in [0.2, 0.25) is 0 Å². The van der Waals surface area contributed by atoms with Gasteiger partial charge in [0.2, 0.25) is 5.91 Å². The van der Waals surface area contributed by atoms with Crippen molar-refractivity contribution in [2.45, 2.75) is 40.0 Å². The molecule has 116 valence electrons. The highest BCUT2D eigenvalue weighted by atomic mass is 16.4. The number of hydrogen-bond donors (Lipinski definition) is 1. The average molecular weight is 291 g/mol. The molecule has 0 aromatic heterocycles. The van der Waals surface area contributed by atoms with Crippen LogP contribution in [0.4, 0.5) is 0 Å². The van der Waals surface area contributed by atoms with Gasteiger partial charge >= 0.3 is 5.97 Å². The Balaban J connectivity index is 2.71. The molecule has 0 heterocycles. The molecule has 0 bridgehead atoms. The summed E-state index contributed by atoms with van der Waals surface area (Å²) in [5, 5.41) is 8.80. The van der Waals surface area contributed by atoms with E-state index in [0.717, 1.165) is 12.0 Å². The topological polar surface area (TPSA) is 57.6 Å². The van der Waals surface area contributed by atoms with E-state index in [4.69, 9.17) is 5.11 Å². The molecule has 1 N–H and O–H groups in total. The van der Waals surface area contributed by atoms with Crippen molar-refractivity contribution in [2.24, 2.45) is 5.92 Å². The van der Waals surface area contributed by atoms with Crippen molar-refractivity contribution < 1.29 is 14.7 Å². The van der Waals surface area contributed by atoms with Crippen LogP contribution in [0.25, 0.3) is 0 Å². The van der Waals surface area contributed by atoms with Crippen LogP contribution in [-0.4, -0.2) is 35.0 Å². The maximum absolute atomic E-state index is 12.4. The van der Waals surface area contributed by atoms with Gasteiger partial charge in [0, 0.05) is 13.1 Å². The van der Waals surface area contributed by atoms with Gasteiger partial charge in [-0.3, -0.25) is 9.59 Å². The molecular weight excluding hydrogens is 266 g/mol. The fourth-order valence-corrected chi connectivity index (χ4v) is 2.24. The summed E-state index contributed by atoms with van der Waals surface area (Å²) in [7, 11) is 0. The summed E-state index contributed by atoms with van der Waals surface area (Å²) < 4.78 is 0. The zero-order valence-corrected chi connectivity index (χ0v) is 13.1. The molecule has 1 aromatic rings. The van der Waals surface area contributed by atoms with Crippen molar-refractivity contribution >= 4 is 11.9 Å². The Morgan fingerprint density at radius 2 is 1.90 bits per heavy atom. The van der Waals surface area contributed by atoms with Crippen LogP contribution in [-0.2, 0) is 22.4 Å². The summed E-state index contributed by atoms with van der Waals surface area (Å²) in [6.45, 7) is 7.01. The molecule has 0 fully saturated rings. The number of carbonyl (C=O) groups is 2. The minimum atomic E-state index is -0.871. The molecule has 0 radical (unpaired) electrons. The van der Waals surface area contributed by atoms with Crippen LogP contribution in [0, 0.1) is 5.92 Å². The van der Waals surface area contributed by atoms with Crippen LogP contribution in [0.1, 0.15) is 38.3 Å². The monoisotopic (exact) mass is 291 g/mol. The van der Waals surface area contributed by atoms with Crippen molar-refractivity contribution in [1.82, 2.24) is 4.90 Å². The Kier molecular flexibility index (Phi) is 6.92. The third-order valence-electron chi connectivity index (χ3n) is 3.29. The van der Waals surface area contributed by atoms with Crippen LogP contribution < -0.4 is 0 Å². The first kappa shape index (κ1) is 17.2. The van der Waals surface area contributed by atoms with Gasteiger partial charge in [0.05, 0.1) is 12.8 Å². The van der Waals surface area contributed by atoms with Crippen LogP contribution in [0.3, 0.4) is 0 Å². The lowest BCUT2D eigenvalue weighted by Gasteiger charge is -2.24. The molecule has 0 unspecified atom stereocenters. The summed E-state index contributed by atoms with van der Waals surface area (Å²) in [4.78, 5) is 24.8. The van der Waals surface area contributed by atoms with Crippen LogP contribution in [0.15, 0.2) is 24.3 Å². The zero-order chi connectivity index (χ0) is 15.8. The van der Waals surface area contributed by atoms with E-state index in [0.29, 0.717) is 18.9 Å². The van der Waals surface area contributed by atoms with E-state index in [-0.39, 0.29) is 18.9 Å². The van der Waals surface area contributed by atoms with E-state index in [2.05, 4.69) is 6.92 Å². The third kappa shape index (κ3) is 6.43. The van der Waals surface area contributed by atoms with Gasteiger partial charge in [-0.25, -0.2) is 0 Å². The molecule has 1 aromatic carbocycles. The fraction of sp³-hybridized carbons (Fsp3) is 0.529. The Hall–Kier alpha value is -1.84. The van der Waals surface area contributed by atoms with Gasteiger partial charge in [0.1, 0.15) is 0 Å². The molecule has 0 atom stereocenters. The Bertz CT molecular complexity index is 483. The SMILES string of the molecule is CCc1cccc(CC(=O)N(CCC(=O)O)CC(C)C)c1. The molecule has 0 aliphatic carbocycles. The molecule has 0 spiro atoms.